The van der Waals surface area contributed by atoms with Crippen LogP contribution in [-0.4, -0.2) is 37.3 Å². The van der Waals surface area contributed by atoms with Gasteiger partial charge in [-0.3, -0.25) is 14.4 Å². The van der Waals surface area contributed by atoms with E-state index in [1.54, 1.807) is 42.5 Å². The molecule has 0 saturated carbocycles. The van der Waals surface area contributed by atoms with Gasteiger partial charge >= 0.3 is 11.8 Å². The van der Waals surface area contributed by atoms with Gasteiger partial charge in [-0.2, -0.15) is 5.10 Å². The van der Waals surface area contributed by atoms with E-state index in [1.165, 1.54) is 6.21 Å². The summed E-state index contributed by atoms with van der Waals surface area (Å²) >= 11 is 0. The molecule has 10 nitrogen and oxygen atoms in total. The third-order valence-electron chi connectivity index (χ3n) is 5.41. The highest BCUT2D eigenvalue weighted by molar-refractivity contribution is 6.35. The number of aryl methyl sites for hydroxylation is 2. The number of ether oxygens (including phenoxy) is 3. The van der Waals surface area contributed by atoms with Crippen molar-refractivity contribution < 1.29 is 28.6 Å². The zero-order valence-corrected chi connectivity index (χ0v) is 20.4. The predicted octanol–water partition coefficient (Wildman–Crippen LogP) is 2.82. The van der Waals surface area contributed by atoms with Crippen LogP contribution in [0.5, 0.6) is 17.2 Å². The van der Waals surface area contributed by atoms with Crippen LogP contribution in [0.15, 0.2) is 65.8 Å². The number of hydrogen-bond acceptors (Lipinski definition) is 7. The molecule has 37 heavy (non-hydrogen) atoms. The molecule has 0 aliphatic carbocycles. The summed E-state index contributed by atoms with van der Waals surface area (Å²) in [5.41, 5.74) is 6.16. The Morgan fingerprint density at radius 1 is 0.973 bits per heavy atom. The molecule has 0 spiro atoms. The lowest BCUT2D eigenvalue weighted by atomic mass is 10.1. The first kappa shape index (κ1) is 25.2. The van der Waals surface area contributed by atoms with Crippen molar-refractivity contribution in [1.29, 1.82) is 0 Å². The number of hydrazone groups is 1. The number of rotatable bonds is 8. The summed E-state index contributed by atoms with van der Waals surface area (Å²) in [6.07, 6.45) is 1.33. The molecule has 3 aromatic rings. The van der Waals surface area contributed by atoms with Crippen molar-refractivity contribution >= 4 is 29.6 Å². The zero-order valence-electron chi connectivity index (χ0n) is 20.4. The van der Waals surface area contributed by atoms with Gasteiger partial charge in [0.2, 0.25) is 6.79 Å². The summed E-state index contributed by atoms with van der Waals surface area (Å²) in [5.74, 6) is -0.472. The number of benzene rings is 3. The third-order valence-corrected chi connectivity index (χ3v) is 5.41. The zero-order chi connectivity index (χ0) is 26.2. The van der Waals surface area contributed by atoms with Gasteiger partial charge in [-0.1, -0.05) is 30.3 Å². The molecular weight excluding hydrogens is 476 g/mol. The number of nitrogens with one attached hydrogen (secondary N) is 3. The lowest BCUT2D eigenvalue weighted by molar-refractivity contribution is -0.139. The second kappa shape index (κ2) is 11.7. The van der Waals surface area contributed by atoms with Crippen molar-refractivity contribution in [1.82, 2.24) is 10.7 Å². The number of amides is 3. The van der Waals surface area contributed by atoms with Crippen molar-refractivity contribution in [3.8, 4) is 17.2 Å². The van der Waals surface area contributed by atoms with Crippen LogP contribution in [0.3, 0.4) is 0 Å². The fourth-order valence-electron chi connectivity index (χ4n) is 3.44. The number of carbonyl (C=O) groups is 3. The second-order valence-electron chi connectivity index (χ2n) is 8.26. The average molecular weight is 503 g/mol. The molecular formula is C27H26N4O6. The van der Waals surface area contributed by atoms with Gasteiger partial charge in [-0.15, -0.1) is 0 Å². The van der Waals surface area contributed by atoms with Gasteiger partial charge in [-0.05, 0) is 60.9 Å². The first-order valence-corrected chi connectivity index (χ1v) is 11.5. The molecule has 3 aromatic carbocycles. The largest absolute Gasteiger partial charge is 0.483 e. The lowest BCUT2D eigenvalue weighted by Gasteiger charge is -2.11. The third kappa shape index (κ3) is 6.85. The standard InChI is InChI=1S/C27H26N4O6/c1-17-7-8-18(2)21(11-17)30-25(32)15-35-22-6-4-3-5-20(22)14-29-31-27(34)26(33)28-13-19-9-10-23-24(12-19)37-16-36-23/h3-12,14H,13,15-16H2,1-2H3,(H,28,33)(H,30,32)(H,31,34)/b29-14-. The second-order valence-corrected chi connectivity index (χ2v) is 8.26. The minimum absolute atomic E-state index is 0.132. The summed E-state index contributed by atoms with van der Waals surface area (Å²) in [6, 6.07) is 17.9. The van der Waals surface area contributed by atoms with Gasteiger partial charge in [0.25, 0.3) is 5.91 Å². The van der Waals surface area contributed by atoms with E-state index in [0.29, 0.717) is 22.8 Å². The summed E-state index contributed by atoms with van der Waals surface area (Å²) in [7, 11) is 0. The van der Waals surface area contributed by atoms with Gasteiger partial charge in [0, 0.05) is 17.8 Å². The fourth-order valence-corrected chi connectivity index (χ4v) is 3.44. The van der Waals surface area contributed by atoms with E-state index in [1.807, 2.05) is 32.0 Å². The van der Waals surface area contributed by atoms with Gasteiger partial charge in [0.15, 0.2) is 18.1 Å². The SMILES string of the molecule is Cc1ccc(C)c(NC(=O)COc2ccccc2/C=N\NC(=O)C(=O)NCc2ccc3c(c2)OCO3)c1. The van der Waals surface area contributed by atoms with Crippen LogP contribution in [0.25, 0.3) is 0 Å². The van der Waals surface area contributed by atoms with Crippen LogP contribution in [0, 0.1) is 13.8 Å². The van der Waals surface area contributed by atoms with Crippen LogP contribution < -0.4 is 30.3 Å². The fraction of sp³-hybridized carbons (Fsp3) is 0.185. The molecule has 0 atom stereocenters. The Morgan fingerprint density at radius 2 is 1.78 bits per heavy atom. The Labute approximate surface area is 213 Å². The van der Waals surface area contributed by atoms with Crippen LogP contribution in [0.2, 0.25) is 0 Å². The molecule has 3 amide bonds. The maximum absolute atomic E-state index is 12.4. The quantitative estimate of drug-likeness (QED) is 0.247. The van der Waals surface area contributed by atoms with Gasteiger partial charge in [0.1, 0.15) is 5.75 Å². The van der Waals surface area contributed by atoms with Crippen molar-refractivity contribution in [2.45, 2.75) is 20.4 Å². The van der Waals surface area contributed by atoms with Gasteiger partial charge < -0.3 is 24.8 Å². The van der Waals surface area contributed by atoms with Crippen molar-refractivity contribution in [2.75, 3.05) is 18.7 Å². The van der Waals surface area contributed by atoms with Crippen LogP contribution in [0.4, 0.5) is 5.69 Å². The molecule has 190 valence electrons. The smallest absolute Gasteiger partial charge is 0.329 e. The normalized spacial score (nSPS) is 11.7. The van der Waals surface area contributed by atoms with Crippen LogP contribution in [-0.2, 0) is 20.9 Å². The Kier molecular flexibility index (Phi) is 7.99. The molecule has 1 heterocycles. The highest BCUT2D eigenvalue weighted by atomic mass is 16.7. The molecule has 0 fully saturated rings. The van der Waals surface area contributed by atoms with E-state index in [0.717, 1.165) is 22.4 Å². The van der Waals surface area contributed by atoms with E-state index < -0.39 is 11.8 Å². The number of hydrogen-bond donors (Lipinski definition) is 3. The molecule has 0 saturated heterocycles. The molecule has 0 aromatic heterocycles. The van der Waals surface area contributed by atoms with E-state index in [9.17, 15) is 14.4 Å². The number of para-hydroxylation sites is 1. The van der Waals surface area contributed by atoms with E-state index in [-0.39, 0.29) is 25.9 Å². The van der Waals surface area contributed by atoms with E-state index in [2.05, 4.69) is 21.2 Å². The Balaban J connectivity index is 1.26. The van der Waals surface area contributed by atoms with E-state index in [4.69, 9.17) is 14.2 Å². The number of nitrogens with zero attached hydrogens (tertiary/aromatic N) is 1. The Hall–Kier alpha value is -4.86. The number of anilines is 1. The maximum Gasteiger partial charge on any atom is 0.329 e. The van der Waals surface area contributed by atoms with Crippen LogP contribution in [0.1, 0.15) is 22.3 Å². The molecule has 1 aliphatic rings. The monoisotopic (exact) mass is 502 g/mol. The topological polar surface area (TPSA) is 127 Å². The summed E-state index contributed by atoms with van der Waals surface area (Å²) in [4.78, 5) is 36.6. The number of carbonyl (C=O) groups excluding carboxylic acids is 3. The summed E-state index contributed by atoms with van der Waals surface area (Å²) in [5, 5.41) is 9.19. The summed E-state index contributed by atoms with van der Waals surface area (Å²) in [6.45, 7) is 3.93. The van der Waals surface area contributed by atoms with Crippen LogP contribution >= 0.6 is 0 Å². The highest BCUT2D eigenvalue weighted by Crippen LogP contribution is 2.32. The lowest BCUT2D eigenvalue weighted by Crippen LogP contribution is -2.37. The van der Waals surface area contributed by atoms with E-state index >= 15 is 0 Å². The average Bonchev–Trinajstić information content (AvgIpc) is 3.37. The molecule has 0 radical (unpaired) electrons. The highest BCUT2D eigenvalue weighted by Gasteiger charge is 2.16. The van der Waals surface area contributed by atoms with Crippen molar-refractivity contribution in [2.24, 2.45) is 5.10 Å². The molecule has 0 unspecified atom stereocenters. The maximum atomic E-state index is 12.4. The predicted molar refractivity (Wildman–Crippen MR) is 137 cm³/mol. The molecule has 0 bridgehead atoms. The minimum Gasteiger partial charge on any atom is -0.483 e. The summed E-state index contributed by atoms with van der Waals surface area (Å²) < 4.78 is 16.2. The van der Waals surface area contributed by atoms with Crippen molar-refractivity contribution in [3.05, 3.63) is 82.9 Å². The first-order chi connectivity index (χ1) is 17.9. The molecule has 1 aliphatic heterocycles. The molecule has 10 heteroatoms. The first-order valence-electron chi connectivity index (χ1n) is 11.5. The minimum atomic E-state index is -0.928. The van der Waals surface area contributed by atoms with Gasteiger partial charge in [0.05, 0.1) is 6.21 Å². The molecule has 3 N–H and O–H groups in total. The van der Waals surface area contributed by atoms with Gasteiger partial charge in [-0.25, -0.2) is 5.43 Å². The number of fused-ring (bicyclic) bond motifs is 1. The Morgan fingerprint density at radius 3 is 2.65 bits per heavy atom. The Bertz CT molecular complexity index is 1350. The van der Waals surface area contributed by atoms with Crippen molar-refractivity contribution in [3.63, 3.8) is 0 Å². The molecule has 4 rings (SSSR count).